The lowest BCUT2D eigenvalue weighted by atomic mass is 10.2. The fourth-order valence-corrected chi connectivity index (χ4v) is 3.63. The molecule has 2 N–H and O–H groups in total. The summed E-state index contributed by atoms with van der Waals surface area (Å²) in [6, 6.07) is 11.3. The predicted octanol–water partition coefficient (Wildman–Crippen LogP) is 4.35. The normalized spacial score (nSPS) is 17.7. The van der Waals surface area contributed by atoms with E-state index in [-0.39, 0.29) is 18.0 Å². The van der Waals surface area contributed by atoms with E-state index in [2.05, 4.69) is 15.6 Å². The highest BCUT2D eigenvalue weighted by Crippen LogP contribution is 2.31. The summed E-state index contributed by atoms with van der Waals surface area (Å²) in [4.78, 5) is 28.7. The molecule has 0 saturated carbocycles. The molecule has 0 radical (unpaired) electrons. The number of carbonyl (C=O) groups excluding carboxylic acids is 2. The molecule has 2 aromatic rings. The van der Waals surface area contributed by atoms with Gasteiger partial charge in [-0.25, -0.2) is 4.99 Å². The van der Waals surface area contributed by atoms with Crippen LogP contribution in [-0.4, -0.2) is 28.8 Å². The molecule has 30 heavy (non-hydrogen) atoms. The maximum absolute atomic E-state index is 12.8. The summed E-state index contributed by atoms with van der Waals surface area (Å²) in [6.45, 7) is 2.42. The Bertz CT molecular complexity index is 962. The van der Waals surface area contributed by atoms with Crippen LogP contribution in [0.15, 0.2) is 53.5 Å². The van der Waals surface area contributed by atoms with Crippen LogP contribution >= 0.6 is 11.8 Å². The number of thioether (sulfide) groups is 1. The number of anilines is 1. The molecule has 10 heteroatoms. The van der Waals surface area contributed by atoms with Gasteiger partial charge in [0.05, 0.1) is 17.9 Å². The van der Waals surface area contributed by atoms with Crippen molar-refractivity contribution in [2.75, 3.05) is 11.9 Å². The zero-order valence-electron chi connectivity index (χ0n) is 15.8. The van der Waals surface area contributed by atoms with Gasteiger partial charge in [-0.05, 0) is 49.4 Å². The summed E-state index contributed by atoms with van der Waals surface area (Å²) < 4.78 is 43.7. The molecule has 2 amide bonds. The van der Waals surface area contributed by atoms with Crippen molar-refractivity contribution in [3.05, 3.63) is 54.1 Å². The number of rotatable bonds is 6. The average Bonchev–Trinajstić information content (AvgIpc) is 3.02. The number of hydrogen-bond acceptors (Lipinski definition) is 5. The third-order valence-electron chi connectivity index (χ3n) is 4.00. The minimum atomic E-state index is -4.51. The number of aliphatic imine (C=N–C) groups is 1. The minimum absolute atomic E-state index is 0.0153. The van der Waals surface area contributed by atoms with Gasteiger partial charge in [0.1, 0.15) is 11.0 Å². The van der Waals surface area contributed by atoms with Gasteiger partial charge < -0.3 is 15.4 Å². The molecular formula is C20H18F3N3O3S. The third-order valence-corrected chi connectivity index (χ3v) is 5.08. The van der Waals surface area contributed by atoms with Crippen molar-refractivity contribution in [3.63, 3.8) is 0 Å². The topological polar surface area (TPSA) is 79.8 Å². The molecule has 6 nitrogen and oxygen atoms in total. The van der Waals surface area contributed by atoms with Gasteiger partial charge in [-0.3, -0.25) is 9.59 Å². The van der Waals surface area contributed by atoms with Crippen LogP contribution in [0.4, 0.5) is 24.5 Å². The molecule has 0 aliphatic carbocycles. The Morgan fingerprint density at radius 2 is 1.97 bits per heavy atom. The van der Waals surface area contributed by atoms with Crippen LogP contribution in [-0.2, 0) is 15.8 Å². The van der Waals surface area contributed by atoms with E-state index in [0.717, 1.165) is 23.9 Å². The highest BCUT2D eigenvalue weighted by atomic mass is 32.2. The van der Waals surface area contributed by atoms with Gasteiger partial charge in [0.25, 0.3) is 0 Å². The summed E-state index contributed by atoms with van der Waals surface area (Å²) in [5, 5.41) is 4.63. The quantitative estimate of drug-likeness (QED) is 0.704. The van der Waals surface area contributed by atoms with Crippen molar-refractivity contribution in [1.29, 1.82) is 0 Å². The first kappa shape index (κ1) is 21.7. The number of benzene rings is 2. The van der Waals surface area contributed by atoms with Gasteiger partial charge in [-0.1, -0.05) is 17.8 Å². The molecule has 1 aliphatic rings. The van der Waals surface area contributed by atoms with Crippen LogP contribution < -0.4 is 15.4 Å². The second-order valence-electron chi connectivity index (χ2n) is 6.27. The van der Waals surface area contributed by atoms with E-state index >= 15 is 0 Å². The SMILES string of the molecule is CCOc1ccc(N=C2NC(=O)[C@H](CC(=O)Nc3cccc(C(F)(F)F)c3)S2)cc1. The number of nitrogens with one attached hydrogen (secondary N) is 2. The van der Waals surface area contributed by atoms with Crippen molar-refractivity contribution in [3.8, 4) is 5.75 Å². The van der Waals surface area contributed by atoms with Gasteiger partial charge in [0.15, 0.2) is 5.17 Å². The Balaban J connectivity index is 1.59. The predicted molar refractivity (Wildman–Crippen MR) is 109 cm³/mol. The second kappa shape index (κ2) is 9.21. The van der Waals surface area contributed by atoms with E-state index in [1.165, 1.54) is 12.1 Å². The van der Waals surface area contributed by atoms with E-state index in [0.29, 0.717) is 23.2 Å². The van der Waals surface area contributed by atoms with E-state index in [9.17, 15) is 22.8 Å². The number of alkyl halides is 3. The number of amidine groups is 1. The number of halogens is 3. The molecule has 158 valence electrons. The molecule has 1 aliphatic heterocycles. The number of carbonyl (C=O) groups is 2. The molecule has 2 aromatic carbocycles. The second-order valence-corrected chi connectivity index (χ2v) is 7.46. The number of nitrogens with zero attached hydrogens (tertiary/aromatic N) is 1. The first-order valence-corrected chi connectivity index (χ1v) is 9.89. The van der Waals surface area contributed by atoms with Crippen molar-refractivity contribution < 1.29 is 27.5 Å². The zero-order valence-corrected chi connectivity index (χ0v) is 16.6. The Kier molecular flexibility index (Phi) is 6.66. The Hall–Kier alpha value is -3.01. The van der Waals surface area contributed by atoms with Crippen LogP contribution in [0.5, 0.6) is 5.75 Å². The Morgan fingerprint density at radius 3 is 2.63 bits per heavy atom. The highest BCUT2D eigenvalue weighted by Gasteiger charge is 2.33. The lowest BCUT2D eigenvalue weighted by Gasteiger charge is -2.10. The van der Waals surface area contributed by atoms with Crippen LogP contribution in [0.25, 0.3) is 0 Å². The highest BCUT2D eigenvalue weighted by molar-refractivity contribution is 8.15. The summed E-state index contributed by atoms with van der Waals surface area (Å²) in [6.07, 6.45) is -4.71. The van der Waals surface area contributed by atoms with Crippen molar-refractivity contribution >= 4 is 40.1 Å². The Labute approximate surface area is 174 Å². The molecular weight excluding hydrogens is 419 g/mol. The number of hydrogen-bond donors (Lipinski definition) is 2. The molecule has 1 heterocycles. The molecule has 0 bridgehead atoms. The molecule has 0 aromatic heterocycles. The van der Waals surface area contributed by atoms with Crippen LogP contribution in [0.1, 0.15) is 18.9 Å². The van der Waals surface area contributed by atoms with Gasteiger partial charge in [-0.2, -0.15) is 13.2 Å². The minimum Gasteiger partial charge on any atom is -0.494 e. The van der Waals surface area contributed by atoms with Crippen molar-refractivity contribution in [1.82, 2.24) is 5.32 Å². The first-order chi connectivity index (χ1) is 14.2. The summed E-state index contributed by atoms with van der Waals surface area (Å²) in [5.74, 6) is -0.248. The summed E-state index contributed by atoms with van der Waals surface area (Å²) in [5.41, 5.74) is -0.241. The maximum Gasteiger partial charge on any atom is 0.416 e. The maximum atomic E-state index is 12.8. The molecule has 0 unspecified atom stereocenters. The van der Waals surface area contributed by atoms with E-state index in [1.54, 1.807) is 24.3 Å². The molecule has 3 rings (SSSR count). The average molecular weight is 437 g/mol. The van der Waals surface area contributed by atoms with Gasteiger partial charge in [-0.15, -0.1) is 0 Å². The number of ether oxygens (including phenoxy) is 1. The van der Waals surface area contributed by atoms with E-state index in [1.807, 2.05) is 6.92 Å². The van der Waals surface area contributed by atoms with E-state index < -0.39 is 22.9 Å². The molecule has 1 fully saturated rings. The molecule has 1 saturated heterocycles. The Morgan fingerprint density at radius 1 is 1.23 bits per heavy atom. The van der Waals surface area contributed by atoms with Crippen LogP contribution in [0.3, 0.4) is 0 Å². The molecule has 0 spiro atoms. The largest absolute Gasteiger partial charge is 0.494 e. The summed E-state index contributed by atoms with van der Waals surface area (Å²) in [7, 11) is 0. The lowest BCUT2D eigenvalue weighted by molar-refractivity contribution is -0.137. The fourth-order valence-electron chi connectivity index (χ4n) is 2.65. The first-order valence-electron chi connectivity index (χ1n) is 9.01. The van der Waals surface area contributed by atoms with Crippen molar-refractivity contribution in [2.24, 2.45) is 4.99 Å². The van der Waals surface area contributed by atoms with Gasteiger partial charge >= 0.3 is 6.18 Å². The monoisotopic (exact) mass is 437 g/mol. The lowest BCUT2D eigenvalue weighted by Crippen LogP contribution is -2.28. The zero-order chi connectivity index (χ0) is 21.7. The van der Waals surface area contributed by atoms with Crippen LogP contribution in [0.2, 0.25) is 0 Å². The smallest absolute Gasteiger partial charge is 0.416 e. The summed E-state index contributed by atoms with van der Waals surface area (Å²) >= 11 is 1.09. The standard InChI is InChI=1S/C20H18F3N3O3S/c1-2-29-15-8-6-13(7-9-15)25-19-26-18(28)16(30-19)11-17(27)24-14-5-3-4-12(10-14)20(21,22)23/h3-10,16H,2,11H2,1H3,(H,24,27)(H,25,26,28)/t16-/m0/s1. The van der Waals surface area contributed by atoms with Crippen molar-refractivity contribution in [2.45, 2.75) is 24.8 Å². The molecule has 1 atom stereocenters. The number of amides is 2. The van der Waals surface area contributed by atoms with Gasteiger partial charge in [0.2, 0.25) is 11.8 Å². The van der Waals surface area contributed by atoms with E-state index in [4.69, 9.17) is 4.74 Å². The third kappa shape index (κ3) is 5.76. The fraction of sp³-hybridized carbons (Fsp3) is 0.250. The van der Waals surface area contributed by atoms with Crippen LogP contribution in [0, 0.1) is 0 Å². The van der Waals surface area contributed by atoms with Gasteiger partial charge in [0, 0.05) is 12.1 Å².